The predicted molar refractivity (Wildman–Crippen MR) is 143 cm³/mol. The maximum atomic E-state index is 12.3. The van der Waals surface area contributed by atoms with E-state index in [2.05, 4.69) is 57.7 Å². The quantitative estimate of drug-likeness (QED) is 0.306. The number of hydrogen-bond donors (Lipinski definition) is 3. The first-order valence-corrected chi connectivity index (χ1v) is 12.6. The van der Waals surface area contributed by atoms with Crippen molar-refractivity contribution >= 4 is 27.9 Å². The minimum Gasteiger partial charge on any atom is -0.445 e. The second kappa shape index (κ2) is 9.91. The van der Waals surface area contributed by atoms with E-state index < -0.39 is 0 Å². The molecule has 0 saturated heterocycles. The number of rotatable bonds is 2. The number of aromatic amines is 2. The van der Waals surface area contributed by atoms with E-state index in [9.17, 15) is 4.79 Å². The molecule has 0 radical (unpaired) electrons. The fourth-order valence-electron chi connectivity index (χ4n) is 5.28. The molecule has 1 amide bonds. The van der Waals surface area contributed by atoms with Gasteiger partial charge >= 0.3 is 6.09 Å². The number of hydrogen-bond acceptors (Lipinski definition) is 3. The van der Waals surface area contributed by atoms with Crippen LogP contribution in [0.2, 0.25) is 0 Å². The van der Waals surface area contributed by atoms with E-state index in [4.69, 9.17) is 4.74 Å². The molecule has 182 valence electrons. The third kappa shape index (κ3) is 4.48. The minimum atomic E-state index is -0.252. The van der Waals surface area contributed by atoms with Crippen LogP contribution < -0.4 is 5.32 Å². The lowest BCUT2D eigenvalue weighted by Crippen LogP contribution is -2.36. The molecule has 0 saturated carbocycles. The van der Waals surface area contributed by atoms with Gasteiger partial charge < -0.3 is 24.9 Å². The Hall–Kier alpha value is -4.03. The van der Waals surface area contributed by atoms with Crippen LogP contribution in [0.5, 0.6) is 0 Å². The molecule has 3 N–H and O–H groups in total. The molecule has 2 aromatic heterocycles. The number of carbonyl (C=O) groups excluding carboxylic acids is 1. The largest absolute Gasteiger partial charge is 0.445 e. The van der Waals surface area contributed by atoms with E-state index >= 15 is 0 Å². The Labute approximate surface area is 210 Å². The Balaban J connectivity index is 0.000000155. The Morgan fingerprint density at radius 2 is 1.42 bits per heavy atom. The molecule has 6 nitrogen and oxygen atoms in total. The van der Waals surface area contributed by atoms with E-state index in [0.29, 0.717) is 19.7 Å². The van der Waals surface area contributed by atoms with Gasteiger partial charge in [-0.15, -0.1) is 0 Å². The molecule has 0 unspecified atom stereocenters. The number of amides is 1. The Morgan fingerprint density at radius 3 is 2.17 bits per heavy atom. The molecule has 6 heteroatoms. The molecule has 5 aromatic rings. The third-order valence-corrected chi connectivity index (χ3v) is 7.10. The first kappa shape index (κ1) is 22.4. The van der Waals surface area contributed by atoms with Gasteiger partial charge in [0.2, 0.25) is 0 Å². The van der Waals surface area contributed by atoms with Crippen molar-refractivity contribution in [3.63, 3.8) is 0 Å². The number of ether oxygens (including phenoxy) is 1. The van der Waals surface area contributed by atoms with Crippen LogP contribution in [0.15, 0.2) is 78.9 Å². The molecular weight excluding hydrogens is 448 g/mol. The maximum absolute atomic E-state index is 12.3. The summed E-state index contributed by atoms with van der Waals surface area (Å²) in [5, 5.41) is 6.04. The van der Waals surface area contributed by atoms with Crippen molar-refractivity contribution in [2.45, 2.75) is 32.5 Å². The summed E-state index contributed by atoms with van der Waals surface area (Å²) < 4.78 is 5.43. The highest BCUT2D eigenvalue weighted by molar-refractivity contribution is 5.86. The van der Waals surface area contributed by atoms with Crippen LogP contribution in [0.3, 0.4) is 0 Å². The number of nitrogens with one attached hydrogen (secondary N) is 3. The number of carbonyl (C=O) groups is 1. The molecule has 4 heterocycles. The molecule has 0 fully saturated rings. The Kier molecular flexibility index (Phi) is 6.18. The van der Waals surface area contributed by atoms with E-state index in [-0.39, 0.29) is 6.09 Å². The van der Waals surface area contributed by atoms with Gasteiger partial charge in [-0.2, -0.15) is 0 Å². The summed E-state index contributed by atoms with van der Waals surface area (Å²) in [4.78, 5) is 20.9. The monoisotopic (exact) mass is 478 g/mol. The van der Waals surface area contributed by atoms with Gasteiger partial charge in [0.25, 0.3) is 0 Å². The summed E-state index contributed by atoms with van der Waals surface area (Å²) in [5.74, 6) is 0. The predicted octanol–water partition coefficient (Wildman–Crippen LogP) is 5.68. The summed E-state index contributed by atoms with van der Waals surface area (Å²) in [7, 11) is 0. The molecule has 0 spiro atoms. The fraction of sp³-hybridized carbons (Fsp3) is 0.233. The number of H-pyrrole nitrogens is 2. The van der Waals surface area contributed by atoms with Gasteiger partial charge in [0.15, 0.2) is 0 Å². The average Bonchev–Trinajstić information content (AvgIpc) is 3.50. The standard InChI is InChI=1S/C19H18N2O2.C11H12N2/c22-19(23-13-14-6-2-1-3-7-14)21-11-10-16-15-8-4-5-9-17(15)20-18(16)12-21;1-2-4-10-8(3-1)9-5-6-12-7-11(9)13-10/h1-9,20H,10-13H2;1-4,12-13H,5-7H2. The van der Waals surface area contributed by atoms with E-state index in [1.54, 1.807) is 4.90 Å². The molecule has 0 atom stereocenters. The van der Waals surface area contributed by atoms with Gasteiger partial charge in [-0.1, -0.05) is 66.7 Å². The zero-order valence-electron chi connectivity index (χ0n) is 20.2. The van der Waals surface area contributed by atoms with E-state index in [1.165, 1.54) is 33.1 Å². The normalized spacial score (nSPS) is 14.6. The van der Waals surface area contributed by atoms with Gasteiger partial charge in [-0.3, -0.25) is 0 Å². The van der Waals surface area contributed by atoms with Crippen LogP contribution >= 0.6 is 0 Å². The first-order valence-electron chi connectivity index (χ1n) is 12.6. The summed E-state index contributed by atoms with van der Waals surface area (Å²) in [5.41, 5.74) is 8.74. The van der Waals surface area contributed by atoms with Crippen molar-refractivity contribution < 1.29 is 9.53 Å². The van der Waals surface area contributed by atoms with Gasteiger partial charge in [0.05, 0.1) is 6.54 Å². The lowest BCUT2D eigenvalue weighted by Gasteiger charge is -2.26. The molecule has 7 rings (SSSR count). The zero-order chi connectivity index (χ0) is 24.3. The van der Waals surface area contributed by atoms with E-state index in [1.807, 2.05) is 36.4 Å². The van der Waals surface area contributed by atoms with Crippen LogP contribution in [-0.2, 0) is 37.3 Å². The molecule has 36 heavy (non-hydrogen) atoms. The summed E-state index contributed by atoms with van der Waals surface area (Å²) in [6.45, 7) is 3.69. The second-order valence-electron chi connectivity index (χ2n) is 9.39. The SMILES string of the molecule is O=C(OCc1ccccc1)N1CCc2c([nH]c3ccccc23)C1.c1ccc2c3c([nH]c2c1)CNCC3. The van der Waals surface area contributed by atoms with Crippen molar-refractivity contribution in [2.24, 2.45) is 0 Å². The van der Waals surface area contributed by atoms with E-state index in [0.717, 1.165) is 42.7 Å². The zero-order valence-corrected chi connectivity index (χ0v) is 20.2. The highest BCUT2D eigenvalue weighted by Crippen LogP contribution is 2.28. The first-order chi connectivity index (χ1) is 17.8. The van der Waals surface area contributed by atoms with Crippen molar-refractivity contribution in [3.8, 4) is 0 Å². The van der Waals surface area contributed by atoms with Gasteiger partial charge in [0, 0.05) is 46.3 Å². The minimum absolute atomic E-state index is 0.252. The lowest BCUT2D eigenvalue weighted by atomic mass is 10.0. The van der Waals surface area contributed by atoms with Gasteiger partial charge in [0.1, 0.15) is 6.61 Å². The highest BCUT2D eigenvalue weighted by Gasteiger charge is 2.24. The molecular formula is C30H30N4O2. The number of aromatic nitrogens is 2. The summed E-state index contributed by atoms with van der Waals surface area (Å²) >= 11 is 0. The Morgan fingerprint density at radius 1 is 0.778 bits per heavy atom. The summed E-state index contributed by atoms with van der Waals surface area (Å²) in [6.07, 6.45) is 1.76. The van der Waals surface area contributed by atoms with Crippen LogP contribution in [0.25, 0.3) is 21.8 Å². The van der Waals surface area contributed by atoms with Crippen LogP contribution in [0.4, 0.5) is 4.79 Å². The average molecular weight is 479 g/mol. The van der Waals surface area contributed by atoms with Crippen molar-refractivity contribution in [1.82, 2.24) is 20.2 Å². The number of benzene rings is 3. The number of nitrogens with zero attached hydrogens (tertiary/aromatic N) is 1. The van der Waals surface area contributed by atoms with Gasteiger partial charge in [-0.05, 0) is 48.2 Å². The highest BCUT2D eigenvalue weighted by atomic mass is 16.6. The van der Waals surface area contributed by atoms with Crippen LogP contribution in [-0.4, -0.2) is 34.1 Å². The molecule has 3 aromatic carbocycles. The van der Waals surface area contributed by atoms with Crippen molar-refractivity contribution in [2.75, 3.05) is 13.1 Å². The topological polar surface area (TPSA) is 73.1 Å². The number of para-hydroxylation sites is 2. The van der Waals surface area contributed by atoms with Crippen molar-refractivity contribution in [1.29, 1.82) is 0 Å². The maximum Gasteiger partial charge on any atom is 0.410 e. The van der Waals surface area contributed by atoms with Gasteiger partial charge in [-0.25, -0.2) is 4.79 Å². The smallest absolute Gasteiger partial charge is 0.410 e. The molecule has 0 bridgehead atoms. The second-order valence-corrected chi connectivity index (χ2v) is 9.39. The van der Waals surface area contributed by atoms with Crippen LogP contribution in [0, 0.1) is 0 Å². The lowest BCUT2D eigenvalue weighted by molar-refractivity contribution is 0.0915. The summed E-state index contributed by atoms with van der Waals surface area (Å²) in [6, 6.07) is 26.6. The van der Waals surface area contributed by atoms with Crippen LogP contribution in [0.1, 0.15) is 28.1 Å². The molecule has 2 aliphatic rings. The molecule has 0 aliphatic carbocycles. The van der Waals surface area contributed by atoms with Crippen molar-refractivity contribution in [3.05, 3.63) is 107 Å². The Bertz CT molecular complexity index is 1500. The fourth-order valence-corrected chi connectivity index (χ4v) is 5.28. The number of fused-ring (bicyclic) bond motifs is 6. The molecule has 2 aliphatic heterocycles. The third-order valence-electron chi connectivity index (χ3n) is 7.10.